The van der Waals surface area contributed by atoms with Crippen molar-refractivity contribution in [3.05, 3.63) is 74.8 Å². The van der Waals surface area contributed by atoms with E-state index >= 15 is 0 Å². The molecule has 0 unspecified atom stereocenters. The maximum atomic E-state index is 13.7. The molecule has 3 N–H and O–H groups in total. The van der Waals surface area contributed by atoms with E-state index in [0.29, 0.717) is 10.6 Å². The lowest BCUT2D eigenvalue weighted by molar-refractivity contribution is -0.135. The molecule has 144 valence electrons. The Morgan fingerprint density at radius 3 is 2.57 bits per heavy atom. The lowest BCUT2D eigenvalue weighted by Gasteiger charge is -2.15. The number of aromatic hydroxyl groups is 1. The smallest absolute Gasteiger partial charge is 0.322 e. The second-order valence-corrected chi connectivity index (χ2v) is 6.35. The van der Waals surface area contributed by atoms with Crippen LogP contribution in [0, 0.1) is 5.82 Å². The number of benzene rings is 2. The van der Waals surface area contributed by atoms with Crippen molar-refractivity contribution in [3.8, 4) is 5.75 Å². The molecule has 3 aromatic rings. The zero-order valence-corrected chi connectivity index (χ0v) is 15.0. The number of carboxylic acids is 1. The van der Waals surface area contributed by atoms with Gasteiger partial charge in [0.2, 0.25) is 0 Å². The number of halogens is 2. The Morgan fingerprint density at radius 2 is 1.89 bits per heavy atom. The third-order valence-electron chi connectivity index (χ3n) is 4.11. The summed E-state index contributed by atoms with van der Waals surface area (Å²) in [5.74, 6) is -3.81. The largest absolute Gasteiger partial charge is 0.506 e. The molecule has 2 aromatic carbocycles. The SMILES string of the molecule is O=C(O)CNC(=O)c1c(O)c2cc(F)ccc2n(Cc2ccccc2Cl)c1=O. The van der Waals surface area contributed by atoms with Crippen LogP contribution in [-0.2, 0) is 11.3 Å². The van der Waals surface area contributed by atoms with Gasteiger partial charge in [-0.25, -0.2) is 4.39 Å². The standard InChI is InChI=1S/C19H14ClFN2O5/c20-13-4-2-1-3-10(13)9-23-14-6-5-11(21)7-12(14)17(26)16(19(23)28)18(27)22-8-15(24)25/h1-7,26H,8-9H2,(H,22,27)(H,24,25). The topological polar surface area (TPSA) is 109 Å². The molecule has 0 radical (unpaired) electrons. The molecule has 1 aromatic heterocycles. The molecular formula is C19H14ClFN2O5. The molecule has 1 amide bonds. The summed E-state index contributed by atoms with van der Waals surface area (Å²) in [4.78, 5) is 36.0. The van der Waals surface area contributed by atoms with Crippen molar-refractivity contribution in [2.24, 2.45) is 0 Å². The van der Waals surface area contributed by atoms with Crippen LogP contribution in [0.25, 0.3) is 10.9 Å². The number of aliphatic carboxylic acids is 1. The number of nitrogens with zero attached hydrogens (tertiary/aromatic N) is 1. The molecular weight excluding hydrogens is 391 g/mol. The lowest BCUT2D eigenvalue weighted by Crippen LogP contribution is -2.36. The van der Waals surface area contributed by atoms with Gasteiger partial charge in [0.1, 0.15) is 23.7 Å². The minimum atomic E-state index is -1.32. The predicted octanol–water partition coefficient (Wildman–Crippen LogP) is 2.36. The summed E-state index contributed by atoms with van der Waals surface area (Å²) in [6.45, 7) is -0.788. The van der Waals surface area contributed by atoms with E-state index in [2.05, 4.69) is 0 Å². The summed E-state index contributed by atoms with van der Waals surface area (Å²) in [6.07, 6.45) is 0. The van der Waals surface area contributed by atoms with Crippen LogP contribution in [0.15, 0.2) is 47.3 Å². The summed E-state index contributed by atoms with van der Waals surface area (Å²) >= 11 is 6.15. The van der Waals surface area contributed by atoms with Crippen molar-refractivity contribution in [1.29, 1.82) is 0 Å². The van der Waals surface area contributed by atoms with Crippen LogP contribution in [0.1, 0.15) is 15.9 Å². The number of fused-ring (bicyclic) bond motifs is 1. The van der Waals surface area contributed by atoms with Crippen LogP contribution in [0.2, 0.25) is 5.02 Å². The minimum Gasteiger partial charge on any atom is -0.506 e. The van der Waals surface area contributed by atoms with Gasteiger partial charge in [0, 0.05) is 10.4 Å². The zero-order valence-electron chi connectivity index (χ0n) is 14.3. The van der Waals surface area contributed by atoms with Gasteiger partial charge in [0.15, 0.2) is 0 Å². The van der Waals surface area contributed by atoms with Gasteiger partial charge in [0.25, 0.3) is 11.5 Å². The van der Waals surface area contributed by atoms with Crippen LogP contribution >= 0.6 is 11.6 Å². The van der Waals surface area contributed by atoms with E-state index in [1.54, 1.807) is 24.3 Å². The molecule has 1 heterocycles. The average molecular weight is 405 g/mol. The Balaban J connectivity index is 2.24. The number of rotatable bonds is 5. The zero-order chi connectivity index (χ0) is 20.4. The van der Waals surface area contributed by atoms with Crippen LogP contribution < -0.4 is 10.9 Å². The minimum absolute atomic E-state index is 0.0415. The van der Waals surface area contributed by atoms with Crippen LogP contribution in [-0.4, -0.2) is 33.2 Å². The van der Waals surface area contributed by atoms with Crippen molar-refractivity contribution in [2.75, 3.05) is 6.54 Å². The van der Waals surface area contributed by atoms with Gasteiger partial charge in [-0.1, -0.05) is 29.8 Å². The average Bonchev–Trinajstić information content (AvgIpc) is 2.65. The van der Waals surface area contributed by atoms with E-state index in [1.165, 1.54) is 10.6 Å². The maximum absolute atomic E-state index is 13.7. The number of hydrogen-bond acceptors (Lipinski definition) is 4. The molecule has 3 rings (SSSR count). The van der Waals surface area contributed by atoms with E-state index in [1.807, 2.05) is 5.32 Å². The normalized spacial score (nSPS) is 10.8. The van der Waals surface area contributed by atoms with E-state index < -0.39 is 41.1 Å². The third-order valence-corrected chi connectivity index (χ3v) is 4.48. The number of pyridine rings is 1. The first-order valence-electron chi connectivity index (χ1n) is 8.08. The van der Waals surface area contributed by atoms with Gasteiger partial charge in [-0.15, -0.1) is 0 Å². The summed E-state index contributed by atoms with van der Waals surface area (Å²) < 4.78 is 14.9. The second-order valence-electron chi connectivity index (χ2n) is 5.94. The summed E-state index contributed by atoms with van der Waals surface area (Å²) in [6, 6.07) is 10.2. The van der Waals surface area contributed by atoms with Crippen molar-refractivity contribution in [1.82, 2.24) is 9.88 Å². The van der Waals surface area contributed by atoms with E-state index in [0.717, 1.165) is 12.1 Å². The summed E-state index contributed by atoms with van der Waals surface area (Å²) in [5, 5.41) is 21.5. The van der Waals surface area contributed by atoms with Crippen LogP contribution in [0.3, 0.4) is 0 Å². The number of aromatic nitrogens is 1. The fraction of sp³-hybridized carbons (Fsp3) is 0.105. The quantitative estimate of drug-likeness (QED) is 0.605. The molecule has 0 aliphatic heterocycles. The fourth-order valence-electron chi connectivity index (χ4n) is 2.82. The first-order chi connectivity index (χ1) is 13.3. The van der Waals surface area contributed by atoms with Crippen LogP contribution in [0.5, 0.6) is 5.75 Å². The highest BCUT2D eigenvalue weighted by molar-refractivity contribution is 6.31. The summed E-state index contributed by atoms with van der Waals surface area (Å²) in [5.41, 5.74) is -0.774. The Morgan fingerprint density at radius 1 is 1.18 bits per heavy atom. The van der Waals surface area contributed by atoms with Gasteiger partial charge in [0.05, 0.1) is 12.1 Å². The number of nitrogens with one attached hydrogen (secondary N) is 1. The number of carbonyl (C=O) groups excluding carboxylic acids is 1. The van der Waals surface area contributed by atoms with Crippen molar-refractivity contribution in [3.63, 3.8) is 0 Å². The van der Waals surface area contributed by atoms with Gasteiger partial charge in [-0.05, 0) is 29.8 Å². The van der Waals surface area contributed by atoms with Crippen molar-refractivity contribution >= 4 is 34.4 Å². The Hall–Kier alpha value is -3.39. The van der Waals surface area contributed by atoms with Gasteiger partial charge in [-0.3, -0.25) is 14.4 Å². The number of carboxylic acid groups (broad SMARTS) is 1. The molecule has 0 aliphatic rings. The molecule has 0 atom stereocenters. The fourth-order valence-corrected chi connectivity index (χ4v) is 3.01. The monoisotopic (exact) mass is 404 g/mol. The number of carbonyl (C=O) groups is 2. The molecule has 0 bridgehead atoms. The molecule has 0 spiro atoms. The third kappa shape index (κ3) is 3.67. The highest BCUT2D eigenvalue weighted by atomic mass is 35.5. The Kier molecular flexibility index (Phi) is 5.32. The number of amides is 1. The maximum Gasteiger partial charge on any atom is 0.322 e. The Bertz CT molecular complexity index is 1160. The molecule has 0 saturated heterocycles. The molecule has 0 saturated carbocycles. The van der Waals surface area contributed by atoms with Gasteiger partial charge >= 0.3 is 5.97 Å². The highest BCUT2D eigenvalue weighted by Gasteiger charge is 2.23. The van der Waals surface area contributed by atoms with Gasteiger partial charge in [-0.2, -0.15) is 0 Å². The molecule has 0 aliphatic carbocycles. The first kappa shape index (κ1) is 19.4. The van der Waals surface area contributed by atoms with E-state index in [4.69, 9.17) is 16.7 Å². The molecule has 7 nitrogen and oxygen atoms in total. The van der Waals surface area contributed by atoms with E-state index in [9.17, 15) is 23.9 Å². The van der Waals surface area contributed by atoms with E-state index in [-0.39, 0.29) is 17.4 Å². The highest BCUT2D eigenvalue weighted by Crippen LogP contribution is 2.28. The van der Waals surface area contributed by atoms with Gasteiger partial charge < -0.3 is 20.1 Å². The lowest BCUT2D eigenvalue weighted by atomic mass is 10.1. The van der Waals surface area contributed by atoms with Crippen molar-refractivity contribution in [2.45, 2.75) is 6.54 Å². The molecule has 28 heavy (non-hydrogen) atoms. The Labute approximate surface area is 162 Å². The number of hydrogen-bond donors (Lipinski definition) is 3. The summed E-state index contributed by atoms with van der Waals surface area (Å²) in [7, 11) is 0. The second kappa shape index (κ2) is 7.69. The molecule has 9 heteroatoms. The first-order valence-corrected chi connectivity index (χ1v) is 8.46. The van der Waals surface area contributed by atoms with Crippen molar-refractivity contribution < 1.29 is 24.2 Å². The molecule has 0 fully saturated rings. The van der Waals surface area contributed by atoms with Crippen LogP contribution in [0.4, 0.5) is 4.39 Å². The predicted molar refractivity (Wildman–Crippen MR) is 100 cm³/mol.